The highest BCUT2D eigenvalue weighted by Crippen LogP contribution is 2.32. The van der Waals surface area contributed by atoms with Crippen molar-refractivity contribution in [2.24, 2.45) is 5.73 Å². The molecule has 2 heterocycles. The third kappa shape index (κ3) is 2.32. The summed E-state index contributed by atoms with van der Waals surface area (Å²) in [6.07, 6.45) is 0. The number of thiazole rings is 1. The normalized spacial score (nSPS) is 12.6. The molecule has 0 amide bonds. The molecule has 0 radical (unpaired) electrons. The first-order valence-corrected chi connectivity index (χ1v) is 6.76. The molecule has 84 valence electrons. The zero-order chi connectivity index (χ0) is 11.7. The van der Waals surface area contributed by atoms with Crippen LogP contribution in [0.4, 0.5) is 0 Å². The van der Waals surface area contributed by atoms with E-state index >= 15 is 0 Å². The Kier molecular flexibility index (Phi) is 3.38. The van der Waals surface area contributed by atoms with Crippen molar-refractivity contribution in [3.8, 4) is 10.6 Å². The van der Waals surface area contributed by atoms with Gasteiger partial charge < -0.3 is 10.8 Å². The average molecular weight is 319 g/mol. The third-order valence-corrected chi connectivity index (χ3v) is 4.45. The summed E-state index contributed by atoms with van der Waals surface area (Å²) in [5, 5.41) is 11.0. The predicted molar refractivity (Wildman–Crippen MR) is 67.7 cm³/mol. The minimum Gasteiger partial charge on any atom is -0.480 e. The molecule has 0 aliphatic carbocycles. The van der Waals surface area contributed by atoms with Gasteiger partial charge in [-0.1, -0.05) is 0 Å². The second kappa shape index (κ2) is 4.62. The van der Waals surface area contributed by atoms with E-state index in [1.54, 1.807) is 11.3 Å². The topological polar surface area (TPSA) is 76.2 Å². The van der Waals surface area contributed by atoms with Crippen molar-refractivity contribution in [3.05, 3.63) is 26.3 Å². The van der Waals surface area contributed by atoms with Crippen LogP contribution in [0.1, 0.15) is 11.0 Å². The second-order valence-electron chi connectivity index (χ2n) is 2.99. The van der Waals surface area contributed by atoms with Gasteiger partial charge in [-0.15, -0.1) is 22.7 Å². The molecule has 3 N–H and O–H groups in total. The molecule has 7 heteroatoms. The van der Waals surface area contributed by atoms with Gasteiger partial charge in [-0.2, -0.15) is 0 Å². The number of carbonyl (C=O) groups is 1. The van der Waals surface area contributed by atoms with Crippen LogP contribution in [-0.4, -0.2) is 16.1 Å². The number of aliphatic carboxylic acids is 1. The lowest BCUT2D eigenvalue weighted by atomic mass is 10.3. The van der Waals surface area contributed by atoms with Crippen molar-refractivity contribution >= 4 is 44.6 Å². The maximum absolute atomic E-state index is 10.7. The first kappa shape index (κ1) is 11.7. The summed E-state index contributed by atoms with van der Waals surface area (Å²) >= 11 is 6.18. The van der Waals surface area contributed by atoms with E-state index in [-0.39, 0.29) is 0 Å². The maximum Gasteiger partial charge on any atom is 0.327 e. The fraction of sp³-hybridized carbons (Fsp3) is 0.111. The molecular weight excluding hydrogens is 312 g/mol. The lowest BCUT2D eigenvalue weighted by Gasteiger charge is -1.99. The number of aromatic nitrogens is 1. The van der Waals surface area contributed by atoms with Crippen LogP contribution in [0.15, 0.2) is 21.3 Å². The van der Waals surface area contributed by atoms with E-state index in [4.69, 9.17) is 10.8 Å². The predicted octanol–water partition coefficient (Wildman–Crippen LogP) is 2.72. The van der Waals surface area contributed by atoms with Crippen LogP contribution in [-0.2, 0) is 4.79 Å². The SMILES string of the molecule is NC(C(=O)O)c1nc(-c2ccc(Br)s2)cs1. The Balaban J connectivity index is 2.29. The molecule has 4 nitrogen and oxygen atoms in total. The minimum absolute atomic E-state index is 0.423. The molecule has 0 saturated carbocycles. The van der Waals surface area contributed by atoms with E-state index in [0.29, 0.717) is 5.01 Å². The molecule has 2 aromatic heterocycles. The van der Waals surface area contributed by atoms with Gasteiger partial charge >= 0.3 is 5.97 Å². The number of halogens is 1. The standard InChI is InChI=1S/C9H7BrN2O2S2/c10-6-2-1-5(16-6)4-3-15-8(12-4)7(11)9(13)14/h1-3,7H,11H2,(H,13,14). The van der Waals surface area contributed by atoms with Crippen LogP contribution < -0.4 is 5.73 Å². The van der Waals surface area contributed by atoms with Gasteiger partial charge in [0.2, 0.25) is 0 Å². The lowest BCUT2D eigenvalue weighted by molar-refractivity contribution is -0.138. The summed E-state index contributed by atoms with van der Waals surface area (Å²) in [5.74, 6) is -1.06. The van der Waals surface area contributed by atoms with Gasteiger partial charge in [0.25, 0.3) is 0 Å². The van der Waals surface area contributed by atoms with Crippen LogP contribution in [0.25, 0.3) is 10.6 Å². The van der Waals surface area contributed by atoms with Gasteiger partial charge in [-0.3, -0.25) is 4.79 Å². The Bertz CT molecular complexity index is 523. The van der Waals surface area contributed by atoms with E-state index in [1.165, 1.54) is 11.3 Å². The Labute approximate surface area is 108 Å². The number of rotatable bonds is 3. The van der Waals surface area contributed by atoms with Crippen molar-refractivity contribution in [3.63, 3.8) is 0 Å². The van der Waals surface area contributed by atoms with Crippen molar-refractivity contribution in [1.29, 1.82) is 0 Å². The Morgan fingerprint density at radius 3 is 2.88 bits per heavy atom. The number of nitrogens with two attached hydrogens (primary N) is 1. The van der Waals surface area contributed by atoms with E-state index in [1.807, 2.05) is 17.5 Å². The lowest BCUT2D eigenvalue weighted by Crippen LogP contribution is -2.20. The van der Waals surface area contributed by atoms with Crippen LogP contribution >= 0.6 is 38.6 Å². The summed E-state index contributed by atoms with van der Waals surface area (Å²) in [4.78, 5) is 15.9. The molecule has 1 atom stereocenters. The summed E-state index contributed by atoms with van der Waals surface area (Å²) in [5.41, 5.74) is 6.25. The highest BCUT2D eigenvalue weighted by atomic mass is 79.9. The number of carboxylic acid groups (broad SMARTS) is 1. The van der Waals surface area contributed by atoms with E-state index in [0.717, 1.165) is 14.4 Å². The summed E-state index contributed by atoms with van der Waals surface area (Å²) in [6.45, 7) is 0. The molecular formula is C9H7BrN2O2S2. The summed E-state index contributed by atoms with van der Waals surface area (Å²) in [7, 11) is 0. The fourth-order valence-electron chi connectivity index (χ4n) is 1.10. The summed E-state index contributed by atoms with van der Waals surface area (Å²) in [6, 6.07) is 2.82. The summed E-state index contributed by atoms with van der Waals surface area (Å²) < 4.78 is 1.01. The number of carboxylic acids is 1. The van der Waals surface area contributed by atoms with Crippen molar-refractivity contribution < 1.29 is 9.90 Å². The van der Waals surface area contributed by atoms with Gasteiger partial charge in [0.1, 0.15) is 5.01 Å². The van der Waals surface area contributed by atoms with E-state index in [2.05, 4.69) is 20.9 Å². The molecule has 0 bridgehead atoms. The number of thiophene rings is 1. The Hall–Kier alpha value is -0.760. The quantitative estimate of drug-likeness (QED) is 0.912. The Morgan fingerprint density at radius 1 is 1.56 bits per heavy atom. The first-order valence-electron chi connectivity index (χ1n) is 4.27. The minimum atomic E-state index is -1.06. The van der Waals surface area contributed by atoms with E-state index < -0.39 is 12.0 Å². The van der Waals surface area contributed by atoms with E-state index in [9.17, 15) is 4.79 Å². The second-order valence-corrected chi connectivity index (χ2v) is 6.34. The number of hydrogen-bond donors (Lipinski definition) is 2. The molecule has 0 saturated heterocycles. The zero-order valence-electron chi connectivity index (χ0n) is 7.88. The highest BCUT2D eigenvalue weighted by Gasteiger charge is 2.18. The number of nitrogens with zero attached hydrogens (tertiary/aromatic N) is 1. The monoisotopic (exact) mass is 318 g/mol. The van der Waals surface area contributed by atoms with Crippen molar-refractivity contribution in [2.45, 2.75) is 6.04 Å². The molecule has 0 spiro atoms. The number of hydrogen-bond acceptors (Lipinski definition) is 5. The van der Waals surface area contributed by atoms with Gasteiger partial charge in [0, 0.05) is 5.38 Å². The molecule has 0 aliphatic rings. The smallest absolute Gasteiger partial charge is 0.327 e. The Morgan fingerprint density at radius 2 is 2.31 bits per heavy atom. The van der Waals surface area contributed by atoms with Crippen LogP contribution in [0, 0.1) is 0 Å². The fourth-order valence-corrected chi connectivity index (χ4v) is 3.33. The molecule has 0 fully saturated rings. The average Bonchev–Trinajstić information content (AvgIpc) is 2.84. The third-order valence-electron chi connectivity index (χ3n) is 1.88. The highest BCUT2D eigenvalue weighted by molar-refractivity contribution is 9.11. The molecule has 1 unspecified atom stereocenters. The zero-order valence-corrected chi connectivity index (χ0v) is 11.1. The van der Waals surface area contributed by atoms with Gasteiger partial charge in [-0.25, -0.2) is 4.98 Å². The van der Waals surface area contributed by atoms with Crippen molar-refractivity contribution in [2.75, 3.05) is 0 Å². The maximum atomic E-state index is 10.7. The van der Waals surface area contributed by atoms with Gasteiger partial charge in [0.05, 0.1) is 14.4 Å². The van der Waals surface area contributed by atoms with Crippen molar-refractivity contribution in [1.82, 2.24) is 4.98 Å². The van der Waals surface area contributed by atoms with Crippen LogP contribution in [0.2, 0.25) is 0 Å². The first-order chi connectivity index (χ1) is 7.58. The molecule has 2 aromatic rings. The van der Waals surface area contributed by atoms with Crippen LogP contribution in [0.5, 0.6) is 0 Å². The molecule has 2 rings (SSSR count). The van der Waals surface area contributed by atoms with Crippen LogP contribution in [0.3, 0.4) is 0 Å². The van der Waals surface area contributed by atoms with Gasteiger partial charge in [-0.05, 0) is 28.1 Å². The molecule has 16 heavy (non-hydrogen) atoms. The molecule has 0 aromatic carbocycles. The van der Waals surface area contributed by atoms with Gasteiger partial charge in [0.15, 0.2) is 6.04 Å². The largest absolute Gasteiger partial charge is 0.480 e. The molecule has 0 aliphatic heterocycles.